The normalized spacial score (nSPS) is 12.7. The zero-order valence-electron chi connectivity index (χ0n) is 14.8. The topological polar surface area (TPSA) is 83.5 Å². The molecule has 0 saturated heterocycles. The van der Waals surface area contributed by atoms with Crippen LogP contribution in [0.1, 0.15) is 57.3 Å². The van der Waals surface area contributed by atoms with Gasteiger partial charge in [-0.3, -0.25) is 9.59 Å². The van der Waals surface area contributed by atoms with Gasteiger partial charge in [0.05, 0.1) is 0 Å². The standard InChI is InChI=1S/C19H27NO4/c1-13(2)10-15(18(23)24)20-17(22)12-19(3,4)11-16(21)14-8-6-5-7-9-14/h5-9,13,15H,10-12H2,1-4H3,(H,20,22)(H,23,24)/t15-/m0/s1. The van der Waals surface area contributed by atoms with Crippen molar-refractivity contribution in [1.82, 2.24) is 5.32 Å². The van der Waals surface area contributed by atoms with E-state index < -0.39 is 17.4 Å². The van der Waals surface area contributed by atoms with Gasteiger partial charge < -0.3 is 10.4 Å². The van der Waals surface area contributed by atoms with Crippen molar-refractivity contribution >= 4 is 17.7 Å². The molecule has 0 bridgehead atoms. The van der Waals surface area contributed by atoms with Gasteiger partial charge in [0.15, 0.2) is 5.78 Å². The van der Waals surface area contributed by atoms with Crippen LogP contribution in [-0.2, 0) is 9.59 Å². The van der Waals surface area contributed by atoms with Crippen LogP contribution in [0.25, 0.3) is 0 Å². The monoisotopic (exact) mass is 333 g/mol. The van der Waals surface area contributed by atoms with Crippen molar-refractivity contribution in [2.24, 2.45) is 11.3 Å². The fourth-order valence-electron chi connectivity index (χ4n) is 2.60. The molecule has 132 valence electrons. The van der Waals surface area contributed by atoms with E-state index in [1.54, 1.807) is 24.3 Å². The first kappa shape index (κ1) is 19.9. The Kier molecular flexibility index (Phi) is 7.14. The molecule has 1 atom stereocenters. The lowest BCUT2D eigenvalue weighted by Crippen LogP contribution is -2.43. The summed E-state index contributed by atoms with van der Waals surface area (Å²) >= 11 is 0. The molecule has 5 heteroatoms. The Morgan fingerprint density at radius 2 is 1.67 bits per heavy atom. The predicted molar refractivity (Wildman–Crippen MR) is 92.8 cm³/mol. The molecule has 0 spiro atoms. The summed E-state index contributed by atoms with van der Waals surface area (Å²) in [4.78, 5) is 35.7. The van der Waals surface area contributed by atoms with Gasteiger partial charge in [-0.1, -0.05) is 58.0 Å². The highest BCUT2D eigenvalue weighted by molar-refractivity contribution is 5.96. The Labute approximate surface area is 143 Å². The van der Waals surface area contributed by atoms with Crippen LogP contribution in [0.15, 0.2) is 30.3 Å². The number of carboxylic acids is 1. The molecular formula is C19H27NO4. The Balaban J connectivity index is 2.63. The van der Waals surface area contributed by atoms with Crippen molar-refractivity contribution in [1.29, 1.82) is 0 Å². The van der Waals surface area contributed by atoms with Crippen LogP contribution in [-0.4, -0.2) is 28.8 Å². The van der Waals surface area contributed by atoms with Crippen LogP contribution < -0.4 is 5.32 Å². The van der Waals surface area contributed by atoms with Crippen molar-refractivity contribution in [3.63, 3.8) is 0 Å². The molecule has 0 heterocycles. The second kappa shape index (κ2) is 8.62. The fourth-order valence-corrected chi connectivity index (χ4v) is 2.60. The summed E-state index contributed by atoms with van der Waals surface area (Å²) in [6.07, 6.45) is 0.713. The van der Waals surface area contributed by atoms with Gasteiger partial charge in [-0.2, -0.15) is 0 Å². The summed E-state index contributed by atoms with van der Waals surface area (Å²) in [6.45, 7) is 7.49. The van der Waals surface area contributed by atoms with E-state index >= 15 is 0 Å². The number of benzene rings is 1. The van der Waals surface area contributed by atoms with Gasteiger partial charge in [-0.25, -0.2) is 4.79 Å². The van der Waals surface area contributed by atoms with E-state index in [-0.39, 0.29) is 30.4 Å². The fraction of sp³-hybridized carbons (Fsp3) is 0.526. The number of ketones is 1. The van der Waals surface area contributed by atoms with Crippen molar-refractivity contribution in [3.8, 4) is 0 Å². The van der Waals surface area contributed by atoms with Crippen molar-refractivity contribution in [2.75, 3.05) is 0 Å². The number of aliphatic carboxylic acids is 1. The SMILES string of the molecule is CC(C)C[C@H](NC(=O)CC(C)(C)CC(=O)c1ccccc1)C(=O)O. The van der Waals surface area contributed by atoms with E-state index in [0.29, 0.717) is 12.0 Å². The Bertz CT molecular complexity index is 578. The van der Waals surface area contributed by atoms with E-state index in [1.807, 2.05) is 33.8 Å². The first-order valence-electron chi connectivity index (χ1n) is 8.21. The molecule has 5 nitrogen and oxygen atoms in total. The van der Waals surface area contributed by atoms with E-state index in [9.17, 15) is 19.5 Å². The zero-order chi connectivity index (χ0) is 18.3. The van der Waals surface area contributed by atoms with Crippen molar-refractivity contribution in [2.45, 2.75) is 53.0 Å². The third-order valence-corrected chi connectivity index (χ3v) is 3.71. The second-order valence-corrected chi connectivity index (χ2v) is 7.39. The van der Waals surface area contributed by atoms with Crippen molar-refractivity contribution in [3.05, 3.63) is 35.9 Å². The molecule has 1 amide bonds. The lowest BCUT2D eigenvalue weighted by Gasteiger charge is -2.25. The number of Topliss-reactive ketones (excluding diaryl/α,β-unsaturated/α-hetero) is 1. The van der Waals surface area contributed by atoms with Gasteiger partial charge in [0.1, 0.15) is 6.04 Å². The molecular weight excluding hydrogens is 306 g/mol. The van der Waals surface area contributed by atoms with Gasteiger partial charge in [-0.05, 0) is 17.8 Å². The maximum Gasteiger partial charge on any atom is 0.326 e. The maximum atomic E-state index is 12.3. The molecule has 2 N–H and O–H groups in total. The minimum Gasteiger partial charge on any atom is -0.480 e. The third kappa shape index (κ3) is 6.94. The number of carboxylic acid groups (broad SMARTS) is 1. The summed E-state index contributed by atoms with van der Waals surface area (Å²) in [6, 6.07) is 8.06. The lowest BCUT2D eigenvalue weighted by atomic mass is 9.82. The molecule has 0 radical (unpaired) electrons. The predicted octanol–water partition coefficient (Wildman–Crippen LogP) is 3.29. The van der Waals surface area contributed by atoms with Crippen molar-refractivity contribution < 1.29 is 19.5 Å². The Hall–Kier alpha value is -2.17. The quantitative estimate of drug-likeness (QED) is 0.679. The van der Waals surface area contributed by atoms with E-state index in [1.165, 1.54) is 0 Å². The summed E-state index contributed by atoms with van der Waals surface area (Å²) in [5.41, 5.74) is 0.0759. The highest BCUT2D eigenvalue weighted by Crippen LogP contribution is 2.27. The highest BCUT2D eigenvalue weighted by Gasteiger charge is 2.28. The molecule has 0 aliphatic carbocycles. The van der Waals surface area contributed by atoms with Crippen LogP contribution in [0.3, 0.4) is 0 Å². The van der Waals surface area contributed by atoms with Gasteiger partial charge in [0, 0.05) is 18.4 Å². The summed E-state index contributed by atoms with van der Waals surface area (Å²) in [5.74, 6) is -1.23. The molecule has 24 heavy (non-hydrogen) atoms. The molecule has 1 aromatic carbocycles. The highest BCUT2D eigenvalue weighted by atomic mass is 16.4. The first-order chi connectivity index (χ1) is 11.1. The van der Waals surface area contributed by atoms with E-state index in [2.05, 4.69) is 5.32 Å². The number of rotatable bonds is 9. The smallest absolute Gasteiger partial charge is 0.326 e. The first-order valence-corrected chi connectivity index (χ1v) is 8.21. The average molecular weight is 333 g/mol. The molecule has 1 rings (SSSR count). The summed E-state index contributed by atoms with van der Waals surface area (Å²) in [7, 11) is 0. The van der Waals surface area contributed by atoms with Crippen LogP contribution in [0.5, 0.6) is 0 Å². The van der Waals surface area contributed by atoms with Crippen LogP contribution in [0.2, 0.25) is 0 Å². The number of hydrogen-bond acceptors (Lipinski definition) is 3. The molecule has 0 saturated carbocycles. The molecule has 1 aromatic rings. The van der Waals surface area contributed by atoms with Gasteiger partial charge in [0.2, 0.25) is 5.91 Å². The minimum absolute atomic E-state index is 0.0228. The number of nitrogens with one attached hydrogen (secondary N) is 1. The number of amides is 1. The number of carbonyl (C=O) groups is 3. The Morgan fingerprint density at radius 1 is 1.08 bits per heavy atom. The largest absolute Gasteiger partial charge is 0.480 e. The minimum atomic E-state index is -1.03. The van der Waals surface area contributed by atoms with Gasteiger partial charge >= 0.3 is 5.97 Å². The summed E-state index contributed by atoms with van der Waals surface area (Å²) in [5, 5.41) is 11.8. The zero-order valence-corrected chi connectivity index (χ0v) is 14.8. The maximum absolute atomic E-state index is 12.3. The number of carbonyl (C=O) groups excluding carboxylic acids is 2. The molecule has 0 unspecified atom stereocenters. The van der Waals surface area contributed by atoms with E-state index in [4.69, 9.17) is 0 Å². The lowest BCUT2D eigenvalue weighted by molar-refractivity contribution is -0.142. The van der Waals surface area contributed by atoms with Gasteiger partial charge in [0.25, 0.3) is 0 Å². The average Bonchev–Trinajstić information content (AvgIpc) is 2.45. The molecule has 0 aromatic heterocycles. The van der Waals surface area contributed by atoms with Crippen LogP contribution in [0.4, 0.5) is 0 Å². The molecule has 0 aliphatic rings. The summed E-state index contributed by atoms with van der Waals surface area (Å²) < 4.78 is 0. The van der Waals surface area contributed by atoms with Gasteiger partial charge in [-0.15, -0.1) is 0 Å². The van der Waals surface area contributed by atoms with E-state index in [0.717, 1.165) is 0 Å². The Morgan fingerprint density at radius 3 is 2.17 bits per heavy atom. The molecule has 0 aliphatic heterocycles. The van der Waals surface area contributed by atoms with Crippen LogP contribution >= 0.6 is 0 Å². The molecule has 0 fully saturated rings. The van der Waals surface area contributed by atoms with Crippen LogP contribution in [0, 0.1) is 11.3 Å². The third-order valence-electron chi connectivity index (χ3n) is 3.71. The number of hydrogen-bond donors (Lipinski definition) is 2. The second-order valence-electron chi connectivity index (χ2n) is 7.39.